The van der Waals surface area contributed by atoms with Crippen molar-refractivity contribution in [3.8, 4) is 0 Å². The first kappa shape index (κ1) is 15.4. The molecule has 0 aliphatic rings. The molecule has 0 saturated carbocycles. The largest absolute Gasteiger partial charge is 0.384 e. The first-order valence-corrected chi connectivity index (χ1v) is 4.27. The zero-order chi connectivity index (χ0) is 8.91. The van der Waals surface area contributed by atoms with E-state index >= 15 is 0 Å². The summed E-state index contributed by atoms with van der Waals surface area (Å²) >= 11 is 0. The summed E-state index contributed by atoms with van der Waals surface area (Å²) in [6.45, 7) is 5.95. The van der Waals surface area contributed by atoms with Gasteiger partial charge in [-0.1, -0.05) is 20.3 Å². The minimum atomic E-state index is -0.649. The van der Waals surface area contributed by atoms with Crippen LogP contribution in [-0.4, -0.2) is 23.5 Å². The van der Waals surface area contributed by atoms with E-state index in [2.05, 4.69) is 11.9 Å². The third kappa shape index (κ3) is 4.27. The Kier molecular flexibility index (Phi) is 9.49. The molecule has 0 rings (SSSR count). The van der Waals surface area contributed by atoms with Crippen LogP contribution in [0.3, 0.4) is 0 Å². The molecule has 71 valence electrons. The van der Waals surface area contributed by atoms with Gasteiger partial charge < -0.3 is 5.11 Å². The van der Waals surface area contributed by atoms with Crippen molar-refractivity contribution in [2.24, 2.45) is 4.99 Å². The zero-order valence-corrected chi connectivity index (χ0v) is 11.3. The Bertz CT molecular complexity index is 147. The van der Waals surface area contributed by atoms with Crippen LogP contribution < -0.4 is 0 Å². The topological polar surface area (TPSA) is 32.6 Å². The van der Waals surface area contributed by atoms with Crippen molar-refractivity contribution < 1.29 is 45.5 Å². The molecule has 1 radical (unpaired) electrons. The standard InChI is InChI=1S/C9H19NO.Pm/c1-5-7-9(11,6-2)8(3)10-4;/h11H,5-7H2,1-4H3;. The average molecular weight is 302 g/mol. The summed E-state index contributed by atoms with van der Waals surface area (Å²) in [6, 6.07) is 0. The minimum Gasteiger partial charge on any atom is -0.384 e. The molecule has 1 N–H and O–H groups in total. The van der Waals surface area contributed by atoms with Gasteiger partial charge in [-0.3, -0.25) is 4.99 Å². The fraction of sp³-hybridized carbons (Fsp3) is 0.889. The molecule has 0 fully saturated rings. The van der Waals surface area contributed by atoms with Crippen molar-refractivity contribution in [3.63, 3.8) is 0 Å². The molecule has 1 unspecified atom stereocenters. The number of nitrogens with zero attached hydrogens (tertiary/aromatic N) is 1. The summed E-state index contributed by atoms with van der Waals surface area (Å²) in [7, 11) is 1.73. The maximum Gasteiger partial charge on any atom is 0.102 e. The number of hydrogen-bond donors (Lipinski definition) is 1. The Balaban J connectivity index is 0. The maximum absolute atomic E-state index is 9.96. The van der Waals surface area contributed by atoms with E-state index < -0.39 is 5.60 Å². The average Bonchev–Trinajstić information content (AvgIpc) is 2.03. The van der Waals surface area contributed by atoms with E-state index in [1.165, 1.54) is 0 Å². The number of aliphatic hydroxyl groups is 1. The summed E-state index contributed by atoms with van der Waals surface area (Å²) in [6.07, 6.45) is 2.56. The van der Waals surface area contributed by atoms with Gasteiger partial charge in [-0.15, -0.1) is 0 Å². The molecule has 2 nitrogen and oxygen atoms in total. The van der Waals surface area contributed by atoms with Crippen LogP contribution in [0.25, 0.3) is 0 Å². The normalized spacial score (nSPS) is 16.6. The predicted octanol–water partition coefficient (Wildman–Crippen LogP) is 2.02. The van der Waals surface area contributed by atoms with E-state index in [1.807, 2.05) is 13.8 Å². The van der Waals surface area contributed by atoms with E-state index in [4.69, 9.17) is 0 Å². The monoisotopic (exact) mass is 302 g/mol. The summed E-state index contributed by atoms with van der Waals surface area (Å²) in [5.74, 6) is 0. The summed E-state index contributed by atoms with van der Waals surface area (Å²) in [5.41, 5.74) is 0.200. The molecular formula is C9H19NOPm. The van der Waals surface area contributed by atoms with Crippen LogP contribution in [0.5, 0.6) is 0 Å². The van der Waals surface area contributed by atoms with Crippen LogP contribution in [0.1, 0.15) is 40.0 Å². The predicted molar refractivity (Wildman–Crippen MR) is 49.2 cm³/mol. The third-order valence-corrected chi connectivity index (χ3v) is 2.26. The van der Waals surface area contributed by atoms with Crippen molar-refractivity contribution in [1.29, 1.82) is 0 Å². The van der Waals surface area contributed by atoms with E-state index in [0.29, 0.717) is 0 Å². The maximum atomic E-state index is 9.96. The van der Waals surface area contributed by atoms with E-state index in [0.717, 1.165) is 25.0 Å². The van der Waals surface area contributed by atoms with E-state index in [9.17, 15) is 5.11 Å². The molecule has 0 saturated heterocycles. The quantitative estimate of drug-likeness (QED) is 0.792. The van der Waals surface area contributed by atoms with Crippen LogP contribution in [0, 0.1) is 40.4 Å². The SMILES string of the molecule is CCCC(O)(CC)C(C)=NC.[Pm]. The molecule has 0 aromatic heterocycles. The third-order valence-electron chi connectivity index (χ3n) is 2.26. The van der Waals surface area contributed by atoms with Crippen LogP contribution in [-0.2, 0) is 0 Å². The molecule has 0 heterocycles. The Morgan fingerprint density at radius 3 is 2.17 bits per heavy atom. The molecule has 0 spiro atoms. The number of hydrogen-bond acceptors (Lipinski definition) is 2. The van der Waals surface area contributed by atoms with Crippen LogP contribution in [0.2, 0.25) is 0 Å². The summed E-state index contributed by atoms with van der Waals surface area (Å²) < 4.78 is 0. The fourth-order valence-electron chi connectivity index (χ4n) is 1.24. The Labute approximate surface area is 108 Å². The van der Waals surface area contributed by atoms with Gasteiger partial charge in [0, 0.05) is 53.1 Å². The zero-order valence-electron chi connectivity index (χ0n) is 8.46. The molecule has 0 aromatic carbocycles. The molecular weight excluding hydrogens is 283 g/mol. The first-order valence-electron chi connectivity index (χ1n) is 4.27. The van der Waals surface area contributed by atoms with E-state index in [-0.39, 0.29) is 40.4 Å². The summed E-state index contributed by atoms with van der Waals surface area (Å²) in [4.78, 5) is 4.02. The van der Waals surface area contributed by atoms with Gasteiger partial charge in [0.2, 0.25) is 0 Å². The van der Waals surface area contributed by atoms with Gasteiger partial charge in [0.25, 0.3) is 0 Å². The fourth-order valence-corrected chi connectivity index (χ4v) is 1.24. The Morgan fingerprint density at radius 1 is 1.42 bits per heavy atom. The van der Waals surface area contributed by atoms with Gasteiger partial charge in [0.1, 0.15) is 5.60 Å². The van der Waals surface area contributed by atoms with Crippen molar-refractivity contribution in [3.05, 3.63) is 0 Å². The van der Waals surface area contributed by atoms with Gasteiger partial charge in [0.15, 0.2) is 0 Å². The number of rotatable bonds is 4. The summed E-state index contributed by atoms with van der Waals surface area (Å²) in [5, 5.41) is 9.96. The second kappa shape index (κ2) is 7.38. The smallest absolute Gasteiger partial charge is 0.102 e. The Morgan fingerprint density at radius 2 is 1.92 bits per heavy atom. The molecule has 0 aliphatic heterocycles. The van der Waals surface area contributed by atoms with Gasteiger partial charge >= 0.3 is 0 Å². The second-order valence-electron chi connectivity index (χ2n) is 2.94. The van der Waals surface area contributed by atoms with Gasteiger partial charge in [-0.25, -0.2) is 0 Å². The van der Waals surface area contributed by atoms with Crippen molar-refractivity contribution in [2.75, 3.05) is 7.05 Å². The van der Waals surface area contributed by atoms with Crippen molar-refractivity contribution >= 4 is 5.71 Å². The van der Waals surface area contributed by atoms with Crippen LogP contribution in [0.15, 0.2) is 4.99 Å². The molecule has 0 aromatic rings. The van der Waals surface area contributed by atoms with Crippen molar-refractivity contribution in [1.82, 2.24) is 0 Å². The van der Waals surface area contributed by atoms with Crippen LogP contribution in [0.4, 0.5) is 0 Å². The van der Waals surface area contributed by atoms with Gasteiger partial charge in [-0.2, -0.15) is 0 Å². The molecule has 0 aliphatic carbocycles. The second-order valence-corrected chi connectivity index (χ2v) is 2.94. The molecule has 0 bridgehead atoms. The van der Waals surface area contributed by atoms with E-state index in [1.54, 1.807) is 7.05 Å². The molecule has 12 heavy (non-hydrogen) atoms. The van der Waals surface area contributed by atoms with Gasteiger partial charge in [0.05, 0.1) is 0 Å². The first-order chi connectivity index (χ1) is 5.10. The molecule has 1 atom stereocenters. The van der Waals surface area contributed by atoms with Gasteiger partial charge in [-0.05, 0) is 19.8 Å². The van der Waals surface area contributed by atoms with Crippen molar-refractivity contribution in [2.45, 2.75) is 45.6 Å². The van der Waals surface area contributed by atoms with Crippen LogP contribution >= 0.6 is 0 Å². The Hall–Kier alpha value is 0.968. The number of aliphatic imine (C=N–C) groups is 1. The minimum absolute atomic E-state index is 0. The molecule has 0 amide bonds. The molecule has 3 heteroatoms.